The molecule has 0 bridgehead atoms. The number of nitriles is 1. The zero-order chi connectivity index (χ0) is 15.5. The summed E-state index contributed by atoms with van der Waals surface area (Å²) in [5.74, 6) is 1.11. The van der Waals surface area contributed by atoms with Crippen molar-refractivity contribution in [2.24, 2.45) is 0 Å². The molecular weight excluding hydrogens is 278 g/mol. The lowest BCUT2D eigenvalue weighted by Crippen LogP contribution is -1.98. The van der Waals surface area contributed by atoms with Crippen molar-refractivity contribution in [2.45, 2.75) is 6.92 Å². The van der Waals surface area contributed by atoms with Crippen molar-refractivity contribution in [1.29, 1.82) is 5.26 Å². The Bertz CT molecular complexity index is 815. The quantitative estimate of drug-likeness (QED) is 0.812. The molecular formula is C18H13NO3. The standard InChI is InChI=1S/C18H13NO3/c1-12-4-2-3-5-13(12)10-17-18(20)15-7-6-14(21-9-8-19)11-16(15)22-17/h2-7,10-11H,9H2,1H3. The van der Waals surface area contributed by atoms with E-state index in [0.717, 1.165) is 11.1 Å². The number of fused-ring (bicyclic) bond motifs is 1. The SMILES string of the molecule is Cc1ccccc1C=C1Oc2cc(OCC#N)ccc2C1=O. The summed E-state index contributed by atoms with van der Waals surface area (Å²) in [6.07, 6.45) is 1.74. The van der Waals surface area contributed by atoms with Gasteiger partial charge in [0.1, 0.15) is 17.6 Å². The highest BCUT2D eigenvalue weighted by Crippen LogP contribution is 2.35. The Morgan fingerprint density at radius 3 is 2.86 bits per heavy atom. The number of nitrogens with zero attached hydrogens (tertiary/aromatic N) is 1. The number of benzene rings is 2. The molecule has 1 aliphatic heterocycles. The third-order valence-electron chi connectivity index (χ3n) is 3.42. The zero-order valence-corrected chi connectivity index (χ0v) is 12.0. The van der Waals surface area contributed by atoms with Crippen molar-refractivity contribution in [3.8, 4) is 17.6 Å². The lowest BCUT2D eigenvalue weighted by molar-refractivity contribution is 0.101. The molecule has 0 fully saturated rings. The summed E-state index contributed by atoms with van der Waals surface area (Å²) in [6.45, 7) is 1.94. The molecule has 0 saturated carbocycles. The van der Waals surface area contributed by atoms with Crippen LogP contribution in [0, 0.1) is 18.3 Å². The fourth-order valence-electron chi connectivity index (χ4n) is 2.26. The molecule has 4 nitrogen and oxygen atoms in total. The number of hydrogen-bond acceptors (Lipinski definition) is 4. The number of ether oxygens (including phenoxy) is 2. The van der Waals surface area contributed by atoms with Gasteiger partial charge in [0, 0.05) is 6.07 Å². The molecule has 0 atom stereocenters. The van der Waals surface area contributed by atoms with E-state index in [1.165, 1.54) is 0 Å². The number of carbonyl (C=O) groups is 1. The number of Topliss-reactive ketones (excluding diaryl/α,β-unsaturated/α-hetero) is 1. The second kappa shape index (κ2) is 5.74. The second-order valence-electron chi connectivity index (χ2n) is 4.90. The van der Waals surface area contributed by atoms with Gasteiger partial charge in [0.15, 0.2) is 12.4 Å². The van der Waals surface area contributed by atoms with Gasteiger partial charge in [-0.05, 0) is 36.3 Å². The summed E-state index contributed by atoms with van der Waals surface area (Å²) in [4.78, 5) is 12.4. The number of ketones is 1. The monoisotopic (exact) mass is 291 g/mol. The average Bonchev–Trinajstić information content (AvgIpc) is 2.83. The largest absolute Gasteiger partial charge is 0.479 e. The van der Waals surface area contributed by atoms with Gasteiger partial charge >= 0.3 is 0 Å². The highest BCUT2D eigenvalue weighted by atomic mass is 16.5. The Labute approximate surface area is 128 Å². The van der Waals surface area contributed by atoms with Gasteiger partial charge in [-0.3, -0.25) is 4.79 Å². The number of allylic oxidation sites excluding steroid dienone is 1. The van der Waals surface area contributed by atoms with Crippen LogP contribution in [0.4, 0.5) is 0 Å². The molecule has 1 heterocycles. The first-order chi connectivity index (χ1) is 10.7. The smallest absolute Gasteiger partial charge is 0.231 e. The summed E-state index contributed by atoms with van der Waals surface area (Å²) < 4.78 is 10.9. The molecule has 4 heteroatoms. The van der Waals surface area contributed by atoms with Crippen LogP contribution in [0.3, 0.4) is 0 Å². The number of hydrogen-bond donors (Lipinski definition) is 0. The lowest BCUT2D eigenvalue weighted by Gasteiger charge is -2.03. The molecule has 0 unspecified atom stereocenters. The van der Waals surface area contributed by atoms with Gasteiger partial charge in [0.05, 0.1) is 5.56 Å². The van der Waals surface area contributed by atoms with Crippen LogP contribution < -0.4 is 9.47 Å². The van der Waals surface area contributed by atoms with E-state index in [9.17, 15) is 4.79 Å². The van der Waals surface area contributed by atoms with Crippen LogP contribution in [0.25, 0.3) is 6.08 Å². The van der Waals surface area contributed by atoms with Crippen molar-refractivity contribution < 1.29 is 14.3 Å². The van der Waals surface area contributed by atoms with Gasteiger partial charge in [0.2, 0.25) is 5.78 Å². The minimum absolute atomic E-state index is 0.0430. The first-order valence-electron chi connectivity index (χ1n) is 6.83. The Balaban J connectivity index is 1.91. The van der Waals surface area contributed by atoms with Gasteiger partial charge in [-0.2, -0.15) is 5.26 Å². The molecule has 108 valence electrons. The number of rotatable bonds is 3. The number of aryl methyl sites for hydroxylation is 1. The molecule has 0 N–H and O–H groups in total. The summed E-state index contributed by atoms with van der Waals surface area (Å²) in [5.41, 5.74) is 2.52. The van der Waals surface area contributed by atoms with Crippen LogP contribution in [-0.2, 0) is 0 Å². The molecule has 3 rings (SSSR count). The molecule has 2 aromatic rings. The van der Waals surface area contributed by atoms with Crippen LogP contribution in [0.2, 0.25) is 0 Å². The van der Waals surface area contributed by atoms with Crippen LogP contribution in [0.5, 0.6) is 11.5 Å². The van der Waals surface area contributed by atoms with E-state index >= 15 is 0 Å². The third kappa shape index (κ3) is 2.57. The topological polar surface area (TPSA) is 59.3 Å². The van der Waals surface area contributed by atoms with Gasteiger partial charge in [-0.25, -0.2) is 0 Å². The third-order valence-corrected chi connectivity index (χ3v) is 3.42. The summed E-state index contributed by atoms with van der Waals surface area (Å²) in [6, 6.07) is 14.6. The lowest BCUT2D eigenvalue weighted by atomic mass is 10.1. The number of carbonyl (C=O) groups excluding carboxylic acids is 1. The van der Waals surface area contributed by atoms with Crippen LogP contribution in [-0.4, -0.2) is 12.4 Å². The summed E-state index contributed by atoms with van der Waals surface area (Å²) in [7, 11) is 0. The molecule has 0 aliphatic carbocycles. The summed E-state index contributed by atoms with van der Waals surface area (Å²) >= 11 is 0. The van der Waals surface area contributed by atoms with Crippen molar-refractivity contribution >= 4 is 11.9 Å². The van der Waals surface area contributed by atoms with Gasteiger partial charge in [-0.15, -0.1) is 0 Å². The van der Waals surface area contributed by atoms with E-state index in [-0.39, 0.29) is 12.4 Å². The Morgan fingerprint density at radius 1 is 1.27 bits per heavy atom. The highest BCUT2D eigenvalue weighted by Gasteiger charge is 2.27. The Morgan fingerprint density at radius 2 is 2.09 bits per heavy atom. The minimum Gasteiger partial charge on any atom is -0.479 e. The fourth-order valence-corrected chi connectivity index (χ4v) is 2.26. The maximum absolute atomic E-state index is 12.4. The van der Waals surface area contributed by atoms with E-state index in [2.05, 4.69) is 0 Å². The highest BCUT2D eigenvalue weighted by molar-refractivity contribution is 6.14. The normalized spacial score (nSPS) is 14.4. The second-order valence-corrected chi connectivity index (χ2v) is 4.90. The van der Waals surface area contributed by atoms with Crippen molar-refractivity contribution in [3.63, 3.8) is 0 Å². The molecule has 1 aliphatic rings. The zero-order valence-electron chi connectivity index (χ0n) is 12.0. The van der Waals surface area contributed by atoms with Gasteiger partial charge in [-0.1, -0.05) is 24.3 Å². The van der Waals surface area contributed by atoms with Crippen LogP contribution >= 0.6 is 0 Å². The predicted molar refractivity (Wildman–Crippen MR) is 81.7 cm³/mol. The van der Waals surface area contributed by atoms with E-state index in [0.29, 0.717) is 22.8 Å². The predicted octanol–water partition coefficient (Wildman–Crippen LogP) is 3.51. The van der Waals surface area contributed by atoms with Gasteiger partial charge < -0.3 is 9.47 Å². The van der Waals surface area contributed by atoms with Crippen molar-refractivity contribution in [2.75, 3.05) is 6.61 Å². The van der Waals surface area contributed by atoms with Crippen LogP contribution in [0.1, 0.15) is 21.5 Å². The molecule has 2 aromatic carbocycles. The van der Waals surface area contributed by atoms with E-state index in [4.69, 9.17) is 14.7 Å². The van der Waals surface area contributed by atoms with Gasteiger partial charge in [0.25, 0.3) is 0 Å². The molecule has 0 aromatic heterocycles. The first kappa shape index (κ1) is 13.9. The van der Waals surface area contributed by atoms with E-state index in [1.807, 2.05) is 37.3 Å². The maximum atomic E-state index is 12.4. The fraction of sp³-hybridized carbons (Fsp3) is 0.111. The molecule has 0 spiro atoms. The molecule has 0 saturated heterocycles. The summed E-state index contributed by atoms with van der Waals surface area (Å²) in [5, 5.41) is 8.53. The Hall–Kier alpha value is -3.06. The van der Waals surface area contributed by atoms with Crippen molar-refractivity contribution in [3.05, 3.63) is 64.9 Å². The molecule has 0 amide bonds. The first-order valence-corrected chi connectivity index (χ1v) is 6.83. The Kier molecular flexibility index (Phi) is 3.63. The molecule has 0 radical (unpaired) electrons. The maximum Gasteiger partial charge on any atom is 0.231 e. The van der Waals surface area contributed by atoms with E-state index in [1.54, 1.807) is 24.3 Å². The van der Waals surface area contributed by atoms with Crippen LogP contribution in [0.15, 0.2) is 48.2 Å². The molecule has 22 heavy (non-hydrogen) atoms. The minimum atomic E-state index is -0.148. The van der Waals surface area contributed by atoms with E-state index < -0.39 is 0 Å². The average molecular weight is 291 g/mol. The van der Waals surface area contributed by atoms with Crippen molar-refractivity contribution in [1.82, 2.24) is 0 Å².